The first kappa shape index (κ1) is 13.1. The molecule has 0 aliphatic rings. The third-order valence-electron chi connectivity index (χ3n) is 2.78. The number of carboxylic acids is 1. The Morgan fingerprint density at radius 2 is 2.05 bits per heavy atom. The molecule has 0 aliphatic carbocycles. The zero-order chi connectivity index (χ0) is 13.7. The molecule has 0 bridgehead atoms. The molecular weight excluding hydrogens is 244 g/mol. The van der Waals surface area contributed by atoms with Gasteiger partial charge in [-0.3, -0.25) is 9.48 Å². The molecule has 0 aliphatic heterocycles. The molecule has 1 aromatic carbocycles. The lowest BCUT2D eigenvalue weighted by Crippen LogP contribution is -2.10. The number of carbonyl (C=O) groups is 1. The maximum Gasteiger partial charge on any atom is 0.307 e. The lowest BCUT2D eigenvalue weighted by Gasteiger charge is -2.08. The highest BCUT2D eigenvalue weighted by Gasteiger charge is 2.01. The van der Waals surface area contributed by atoms with Gasteiger partial charge in [0.1, 0.15) is 12.4 Å². The van der Waals surface area contributed by atoms with Crippen molar-refractivity contribution in [2.24, 2.45) is 0 Å². The first-order valence-electron chi connectivity index (χ1n) is 6.07. The number of hydrogen-bond donors (Lipinski definition) is 1. The number of ether oxygens (including phenoxy) is 1. The normalized spacial score (nSPS) is 10.4. The Hall–Kier alpha value is -2.30. The monoisotopic (exact) mass is 260 g/mol. The van der Waals surface area contributed by atoms with Crippen molar-refractivity contribution < 1.29 is 14.6 Å². The van der Waals surface area contributed by atoms with Crippen LogP contribution >= 0.6 is 0 Å². The van der Waals surface area contributed by atoms with E-state index in [4.69, 9.17) is 9.84 Å². The van der Waals surface area contributed by atoms with Gasteiger partial charge in [0, 0.05) is 11.9 Å². The smallest absolute Gasteiger partial charge is 0.307 e. The molecule has 0 spiro atoms. The van der Waals surface area contributed by atoms with E-state index in [1.807, 2.05) is 17.7 Å². The van der Waals surface area contributed by atoms with Crippen LogP contribution in [0.5, 0.6) is 5.75 Å². The Labute approximate surface area is 111 Å². The fourth-order valence-corrected chi connectivity index (χ4v) is 1.76. The summed E-state index contributed by atoms with van der Waals surface area (Å²) in [5, 5.41) is 12.8. The van der Waals surface area contributed by atoms with E-state index in [-0.39, 0.29) is 6.42 Å². The van der Waals surface area contributed by atoms with E-state index in [0.717, 1.165) is 17.0 Å². The summed E-state index contributed by atoms with van der Waals surface area (Å²) in [7, 11) is 0. The Morgan fingerprint density at radius 3 is 2.63 bits per heavy atom. The van der Waals surface area contributed by atoms with Crippen molar-refractivity contribution in [1.29, 1.82) is 0 Å². The third-order valence-corrected chi connectivity index (χ3v) is 2.78. The third kappa shape index (κ3) is 3.84. The summed E-state index contributed by atoms with van der Waals surface area (Å²) in [6.45, 7) is 3.21. The van der Waals surface area contributed by atoms with Gasteiger partial charge in [-0.1, -0.05) is 12.1 Å². The zero-order valence-electron chi connectivity index (χ0n) is 10.7. The molecule has 0 amide bonds. The number of benzene rings is 1. The molecule has 1 heterocycles. The quantitative estimate of drug-likeness (QED) is 0.861. The van der Waals surface area contributed by atoms with Gasteiger partial charge >= 0.3 is 5.97 Å². The Morgan fingerprint density at radius 1 is 1.32 bits per heavy atom. The van der Waals surface area contributed by atoms with Gasteiger partial charge in [-0.05, 0) is 30.7 Å². The van der Waals surface area contributed by atoms with Gasteiger partial charge in [0.25, 0.3) is 0 Å². The minimum Gasteiger partial charge on any atom is -0.492 e. The van der Waals surface area contributed by atoms with Crippen LogP contribution < -0.4 is 4.74 Å². The van der Waals surface area contributed by atoms with Crippen LogP contribution in [-0.2, 0) is 17.8 Å². The number of rotatable bonds is 6. The molecule has 19 heavy (non-hydrogen) atoms. The van der Waals surface area contributed by atoms with Gasteiger partial charge in [0.2, 0.25) is 0 Å². The molecule has 0 radical (unpaired) electrons. The van der Waals surface area contributed by atoms with E-state index in [1.54, 1.807) is 30.5 Å². The molecule has 1 aromatic heterocycles. The topological polar surface area (TPSA) is 64.4 Å². The molecule has 0 saturated carbocycles. The maximum atomic E-state index is 10.5. The number of nitrogens with zero attached hydrogens (tertiary/aromatic N) is 2. The summed E-state index contributed by atoms with van der Waals surface area (Å²) in [6.07, 6.45) is 1.79. The van der Waals surface area contributed by atoms with Crippen LogP contribution in [0.2, 0.25) is 0 Å². The second kappa shape index (κ2) is 6.04. The van der Waals surface area contributed by atoms with Crippen LogP contribution in [0.1, 0.15) is 11.3 Å². The molecule has 0 atom stereocenters. The van der Waals surface area contributed by atoms with Gasteiger partial charge in [-0.2, -0.15) is 5.10 Å². The lowest BCUT2D eigenvalue weighted by atomic mass is 10.1. The predicted molar refractivity (Wildman–Crippen MR) is 70.2 cm³/mol. The number of aryl methyl sites for hydroxylation is 1. The summed E-state index contributed by atoms with van der Waals surface area (Å²) >= 11 is 0. The summed E-state index contributed by atoms with van der Waals surface area (Å²) in [5.41, 5.74) is 1.86. The number of hydrogen-bond acceptors (Lipinski definition) is 3. The van der Waals surface area contributed by atoms with Crippen LogP contribution in [-0.4, -0.2) is 27.5 Å². The second-order valence-corrected chi connectivity index (χ2v) is 4.26. The largest absolute Gasteiger partial charge is 0.492 e. The van der Waals surface area contributed by atoms with Crippen molar-refractivity contribution in [2.75, 3.05) is 6.61 Å². The van der Waals surface area contributed by atoms with Gasteiger partial charge in [-0.25, -0.2) is 0 Å². The Kier molecular flexibility index (Phi) is 4.18. The SMILES string of the molecule is Cc1ccnn1CCOc1ccc(CC(=O)O)cc1. The van der Waals surface area contributed by atoms with Gasteiger partial charge in [-0.15, -0.1) is 0 Å². The van der Waals surface area contributed by atoms with Crippen molar-refractivity contribution in [3.8, 4) is 5.75 Å². The molecule has 1 N–H and O–H groups in total. The highest BCUT2D eigenvalue weighted by molar-refractivity contribution is 5.70. The van der Waals surface area contributed by atoms with Crippen LogP contribution in [0.15, 0.2) is 36.5 Å². The average Bonchev–Trinajstić information content (AvgIpc) is 2.77. The van der Waals surface area contributed by atoms with Crippen LogP contribution in [0.3, 0.4) is 0 Å². The zero-order valence-corrected chi connectivity index (χ0v) is 10.7. The van der Waals surface area contributed by atoms with Gasteiger partial charge in [0.15, 0.2) is 0 Å². The first-order chi connectivity index (χ1) is 9.15. The summed E-state index contributed by atoms with van der Waals surface area (Å²) < 4.78 is 7.46. The highest BCUT2D eigenvalue weighted by atomic mass is 16.5. The summed E-state index contributed by atoms with van der Waals surface area (Å²) in [6, 6.07) is 9.05. The van der Waals surface area contributed by atoms with E-state index < -0.39 is 5.97 Å². The van der Waals surface area contributed by atoms with Crippen molar-refractivity contribution >= 4 is 5.97 Å². The first-order valence-corrected chi connectivity index (χ1v) is 6.07. The number of aromatic nitrogens is 2. The van der Waals surface area contributed by atoms with E-state index >= 15 is 0 Å². The van der Waals surface area contributed by atoms with E-state index in [1.165, 1.54) is 0 Å². The standard InChI is InChI=1S/C14H16N2O3/c1-11-6-7-15-16(11)8-9-19-13-4-2-12(3-5-13)10-14(17)18/h2-7H,8-10H2,1H3,(H,17,18). The van der Waals surface area contributed by atoms with Crippen molar-refractivity contribution in [3.63, 3.8) is 0 Å². The minimum atomic E-state index is -0.831. The molecule has 0 fully saturated rings. The van der Waals surface area contributed by atoms with Gasteiger partial charge in [0.05, 0.1) is 13.0 Å². The van der Waals surface area contributed by atoms with Crippen molar-refractivity contribution in [1.82, 2.24) is 9.78 Å². The molecular formula is C14H16N2O3. The summed E-state index contributed by atoms with van der Waals surface area (Å²) in [5.74, 6) is -0.0956. The second-order valence-electron chi connectivity index (χ2n) is 4.26. The number of carboxylic acid groups (broad SMARTS) is 1. The molecule has 2 rings (SSSR count). The van der Waals surface area contributed by atoms with Gasteiger partial charge < -0.3 is 9.84 Å². The molecule has 100 valence electrons. The lowest BCUT2D eigenvalue weighted by molar-refractivity contribution is -0.136. The minimum absolute atomic E-state index is 0.0345. The molecule has 5 nitrogen and oxygen atoms in total. The molecule has 0 saturated heterocycles. The van der Waals surface area contributed by atoms with Crippen LogP contribution in [0.4, 0.5) is 0 Å². The highest BCUT2D eigenvalue weighted by Crippen LogP contribution is 2.12. The Bertz CT molecular complexity index is 546. The maximum absolute atomic E-state index is 10.5. The Balaban J connectivity index is 1.83. The average molecular weight is 260 g/mol. The van der Waals surface area contributed by atoms with E-state index in [9.17, 15) is 4.79 Å². The number of aliphatic carboxylic acids is 1. The molecule has 5 heteroatoms. The fourth-order valence-electron chi connectivity index (χ4n) is 1.76. The molecule has 0 unspecified atom stereocenters. The summed E-state index contributed by atoms with van der Waals surface area (Å²) in [4.78, 5) is 10.5. The predicted octanol–water partition coefficient (Wildman–Crippen LogP) is 1.90. The van der Waals surface area contributed by atoms with Crippen LogP contribution in [0, 0.1) is 6.92 Å². The fraction of sp³-hybridized carbons (Fsp3) is 0.286. The van der Waals surface area contributed by atoms with Crippen molar-refractivity contribution in [2.45, 2.75) is 19.9 Å². The van der Waals surface area contributed by atoms with Crippen molar-refractivity contribution in [3.05, 3.63) is 47.8 Å². The van der Waals surface area contributed by atoms with E-state index in [2.05, 4.69) is 5.10 Å². The molecule has 2 aromatic rings. The van der Waals surface area contributed by atoms with E-state index in [0.29, 0.717) is 13.2 Å². The van der Waals surface area contributed by atoms with Crippen LogP contribution in [0.25, 0.3) is 0 Å².